The van der Waals surface area contributed by atoms with Gasteiger partial charge in [0.1, 0.15) is 22.7 Å². The summed E-state index contributed by atoms with van der Waals surface area (Å²) in [7, 11) is -2.26. The van der Waals surface area contributed by atoms with Gasteiger partial charge in [0.05, 0.1) is 18.0 Å². The highest BCUT2D eigenvalue weighted by molar-refractivity contribution is 7.89. The Morgan fingerprint density at radius 2 is 1.90 bits per heavy atom. The molecule has 1 N–H and O–H groups in total. The van der Waals surface area contributed by atoms with Crippen LogP contribution in [0.5, 0.6) is 11.5 Å². The largest absolute Gasteiger partial charge is 0.497 e. The van der Waals surface area contributed by atoms with E-state index in [0.29, 0.717) is 28.9 Å². The molecule has 1 unspecified atom stereocenters. The first-order valence-electron chi connectivity index (χ1n) is 9.10. The Kier molecular flexibility index (Phi) is 4.63. The molecule has 0 fully saturated rings. The third-order valence-corrected chi connectivity index (χ3v) is 6.35. The molecular formula is C21H21NO6S. The van der Waals surface area contributed by atoms with Crippen LogP contribution in [0.2, 0.25) is 0 Å². The number of hydrogen-bond donors (Lipinski definition) is 1. The van der Waals surface area contributed by atoms with Crippen LogP contribution >= 0.6 is 0 Å². The SMILES string of the molecule is COc1ccc2c(c1)OC(C)(C)CC2NS(=O)(=O)c1ccc2oc(=O)ccc2c1. The Morgan fingerprint density at radius 3 is 2.66 bits per heavy atom. The van der Waals surface area contributed by atoms with Gasteiger partial charge in [0, 0.05) is 29.5 Å². The number of benzene rings is 2. The van der Waals surface area contributed by atoms with Crippen molar-refractivity contribution in [3.8, 4) is 11.5 Å². The first kappa shape index (κ1) is 19.5. The van der Waals surface area contributed by atoms with Gasteiger partial charge >= 0.3 is 5.63 Å². The summed E-state index contributed by atoms with van der Waals surface area (Å²) >= 11 is 0. The molecule has 0 saturated heterocycles. The first-order valence-corrected chi connectivity index (χ1v) is 10.6. The summed E-state index contributed by atoms with van der Waals surface area (Å²) in [6.45, 7) is 3.82. The molecule has 1 aromatic heterocycles. The van der Waals surface area contributed by atoms with Crippen molar-refractivity contribution in [2.24, 2.45) is 0 Å². The lowest BCUT2D eigenvalue weighted by atomic mass is 9.90. The quantitative estimate of drug-likeness (QED) is 0.657. The summed E-state index contributed by atoms with van der Waals surface area (Å²) in [5.74, 6) is 1.23. The average molecular weight is 415 g/mol. The van der Waals surface area contributed by atoms with Crippen molar-refractivity contribution in [1.82, 2.24) is 4.72 Å². The second-order valence-electron chi connectivity index (χ2n) is 7.60. The van der Waals surface area contributed by atoms with E-state index in [1.165, 1.54) is 24.3 Å². The molecule has 0 spiro atoms. The third kappa shape index (κ3) is 3.86. The fraction of sp³-hybridized carbons (Fsp3) is 0.286. The van der Waals surface area contributed by atoms with Crippen LogP contribution in [0.15, 0.2) is 62.6 Å². The first-order chi connectivity index (χ1) is 13.7. The lowest BCUT2D eigenvalue weighted by Gasteiger charge is -2.37. The van der Waals surface area contributed by atoms with Crippen molar-refractivity contribution in [2.75, 3.05) is 7.11 Å². The second-order valence-corrected chi connectivity index (χ2v) is 9.31. The molecule has 0 saturated carbocycles. The molecule has 2 heterocycles. The van der Waals surface area contributed by atoms with Gasteiger partial charge in [0.2, 0.25) is 10.0 Å². The normalized spacial score (nSPS) is 18.1. The second kappa shape index (κ2) is 6.89. The highest BCUT2D eigenvalue weighted by Crippen LogP contribution is 2.41. The summed E-state index contributed by atoms with van der Waals surface area (Å²) in [5, 5.41) is 0.532. The molecule has 4 rings (SSSR count). The zero-order chi connectivity index (χ0) is 20.8. The Hall–Kier alpha value is -2.84. The minimum Gasteiger partial charge on any atom is -0.497 e. The molecule has 0 amide bonds. The lowest BCUT2D eigenvalue weighted by Crippen LogP contribution is -2.41. The summed E-state index contributed by atoms with van der Waals surface area (Å²) in [5.41, 5.74) is 0.0450. The maximum absolute atomic E-state index is 13.1. The topological polar surface area (TPSA) is 94.8 Å². The van der Waals surface area contributed by atoms with Crippen molar-refractivity contribution in [1.29, 1.82) is 0 Å². The van der Waals surface area contributed by atoms with Gasteiger partial charge in [-0.25, -0.2) is 17.9 Å². The number of nitrogens with one attached hydrogen (secondary N) is 1. The van der Waals surface area contributed by atoms with E-state index < -0.39 is 27.3 Å². The molecule has 29 heavy (non-hydrogen) atoms. The van der Waals surface area contributed by atoms with Crippen LogP contribution in [0.1, 0.15) is 31.9 Å². The molecule has 1 aliphatic rings. The van der Waals surface area contributed by atoms with E-state index in [1.54, 1.807) is 25.3 Å². The molecule has 0 bridgehead atoms. The minimum absolute atomic E-state index is 0.0956. The van der Waals surface area contributed by atoms with Gasteiger partial charge in [-0.3, -0.25) is 0 Å². The van der Waals surface area contributed by atoms with Crippen molar-refractivity contribution >= 4 is 21.0 Å². The molecular weight excluding hydrogens is 394 g/mol. The summed E-state index contributed by atoms with van der Waals surface area (Å²) in [6.07, 6.45) is 0.466. The Morgan fingerprint density at radius 1 is 1.10 bits per heavy atom. The predicted molar refractivity (Wildman–Crippen MR) is 108 cm³/mol. The van der Waals surface area contributed by atoms with E-state index in [-0.39, 0.29) is 4.90 Å². The van der Waals surface area contributed by atoms with Crippen LogP contribution in [0.4, 0.5) is 0 Å². The number of sulfonamides is 1. The fourth-order valence-electron chi connectivity index (χ4n) is 3.54. The Bertz CT molecular complexity index is 1250. The van der Waals surface area contributed by atoms with Gasteiger partial charge in [-0.2, -0.15) is 0 Å². The van der Waals surface area contributed by atoms with E-state index in [4.69, 9.17) is 13.9 Å². The molecule has 1 aliphatic heterocycles. The molecule has 0 aliphatic carbocycles. The zero-order valence-corrected chi connectivity index (χ0v) is 17.1. The van der Waals surface area contributed by atoms with Crippen molar-refractivity contribution in [3.05, 3.63) is 64.5 Å². The van der Waals surface area contributed by atoms with Crippen molar-refractivity contribution in [2.45, 2.75) is 36.8 Å². The number of hydrogen-bond acceptors (Lipinski definition) is 6. The summed E-state index contributed by atoms with van der Waals surface area (Å²) < 4.78 is 45.3. The van der Waals surface area contributed by atoms with Crippen LogP contribution in [0, 0.1) is 0 Å². The van der Waals surface area contributed by atoms with Gasteiger partial charge in [-0.15, -0.1) is 0 Å². The van der Waals surface area contributed by atoms with E-state index >= 15 is 0 Å². The van der Waals surface area contributed by atoms with Crippen LogP contribution < -0.4 is 19.8 Å². The van der Waals surface area contributed by atoms with Gasteiger partial charge in [0.15, 0.2) is 0 Å². The van der Waals surface area contributed by atoms with Gasteiger partial charge < -0.3 is 13.9 Å². The zero-order valence-electron chi connectivity index (χ0n) is 16.3. The minimum atomic E-state index is -3.83. The summed E-state index contributed by atoms with van der Waals surface area (Å²) in [6, 6.07) is 12.1. The summed E-state index contributed by atoms with van der Waals surface area (Å²) in [4.78, 5) is 11.4. The number of fused-ring (bicyclic) bond motifs is 2. The Labute approximate surface area is 168 Å². The molecule has 8 heteroatoms. The van der Waals surface area contributed by atoms with Gasteiger partial charge in [-0.1, -0.05) is 6.07 Å². The highest BCUT2D eigenvalue weighted by atomic mass is 32.2. The van der Waals surface area contributed by atoms with E-state index in [9.17, 15) is 13.2 Å². The third-order valence-electron chi connectivity index (χ3n) is 4.88. The monoisotopic (exact) mass is 415 g/mol. The number of rotatable bonds is 4. The standard InChI is InChI=1S/C21H21NO6S/c1-21(2)12-17(16-7-5-14(26-3)11-19(16)28-21)22-29(24,25)15-6-8-18-13(10-15)4-9-20(23)27-18/h4-11,17,22H,12H2,1-3H3. The number of methoxy groups -OCH3 is 1. The van der Waals surface area contributed by atoms with Crippen LogP contribution in [-0.2, 0) is 10.0 Å². The van der Waals surface area contributed by atoms with E-state index in [1.807, 2.05) is 19.9 Å². The lowest BCUT2D eigenvalue weighted by molar-refractivity contribution is 0.0699. The Balaban J connectivity index is 1.71. The maximum atomic E-state index is 13.1. The van der Waals surface area contributed by atoms with E-state index in [0.717, 1.165) is 5.56 Å². The highest BCUT2D eigenvalue weighted by Gasteiger charge is 2.36. The van der Waals surface area contributed by atoms with E-state index in [2.05, 4.69) is 4.72 Å². The maximum Gasteiger partial charge on any atom is 0.336 e. The molecule has 0 radical (unpaired) electrons. The molecule has 1 atom stereocenters. The van der Waals surface area contributed by atoms with Crippen LogP contribution in [0.25, 0.3) is 11.0 Å². The molecule has 152 valence electrons. The smallest absolute Gasteiger partial charge is 0.336 e. The fourth-order valence-corrected chi connectivity index (χ4v) is 4.79. The predicted octanol–water partition coefficient (Wildman–Crippen LogP) is 3.38. The molecule has 7 nitrogen and oxygen atoms in total. The van der Waals surface area contributed by atoms with Gasteiger partial charge in [0.25, 0.3) is 0 Å². The van der Waals surface area contributed by atoms with Crippen molar-refractivity contribution in [3.63, 3.8) is 0 Å². The van der Waals surface area contributed by atoms with Crippen LogP contribution in [-0.4, -0.2) is 21.1 Å². The average Bonchev–Trinajstić information content (AvgIpc) is 2.65. The molecule has 2 aromatic carbocycles. The number of ether oxygens (including phenoxy) is 2. The van der Waals surface area contributed by atoms with Crippen LogP contribution in [0.3, 0.4) is 0 Å². The van der Waals surface area contributed by atoms with Gasteiger partial charge in [-0.05, 0) is 44.2 Å². The molecule has 3 aromatic rings. The van der Waals surface area contributed by atoms with Crippen molar-refractivity contribution < 1.29 is 22.3 Å².